The van der Waals surface area contributed by atoms with Crippen LogP contribution in [0.15, 0.2) is 54.7 Å². The van der Waals surface area contributed by atoms with E-state index < -0.39 is 0 Å². The Bertz CT molecular complexity index is 1180. The lowest BCUT2D eigenvalue weighted by atomic mass is 10.0. The zero-order valence-corrected chi connectivity index (χ0v) is 15.6. The second-order valence-electron chi connectivity index (χ2n) is 7.48. The number of nitrogens with zero attached hydrogens (tertiary/aromatic N) is 3. The highest BCUT2D eigenvalue weighted by Crippen LogP contribution is 2.28. The van der Waals surface area contributed by atoms with E-state index in [1.54, 1.807) is 6.20 Å². The van der Waals surface area contributed by atoms with Crippen LogP contribution in [0.3, 0.4) is 0 Å². The molecule has 1 aliphatic heterocycles. The van der Waals surface area contributed by atoms with Crippen LogP contribution < -0.4 is 5.32 Å². The Kier molecular flexibility index (Phi) is 3.97. The van der Waals surface area contributed by atoms with Crippen LogP contribution in [-0.2, 0) is 0 Å². The fraction of sp³-hybridized carbons (Fsp3) is 0.227. The van der Waals surface area contributed by atoms with E-state index in [0.717, 1.165) is 52.6 Å². The molecule has 1 aliphatic rings. The lowest BCUT2D eigenvalue weighted by Gasteiger charge is -2.17. The number of carbonyl (C=O) groups is 1. The normalized spacial score (nSPS) is 16.8. The van der Waals surface area contributed by atoms with Crippen molar-refractivity contribution in [2.45, 2.75) is 13.3 Å². The highest BCUT2D eigenvalue weighted by atomic mass is 16.2. The minimum Gasteiger partial charge on any atom is -0.338 e. The molecule has 140 valence electrons. The smallest absolute Gasteiger partial charge is 0.254 e. The third kappa shape index (κ3) is 2.87. The first-order valence-corrected chi connectivity index (χ1v) is 9.57. The van der Waals surface area contributed by atoms with Gasteiger partial charge in [0, 0.05) is 30.5 Å². The lowest BCUT2D eigenvalue weighted by molar-refractivity contribution is 0.0790. The largest absolute Gasteiger partial charge is 0.338 e. The molecule has 0 aliphatic carbocycles. The first-order valence-electron chi connectivity index (χ1n) is 9.57. The zero-order valence-electron chi connectivity index (χ0n) is 15.6. The maximum atomic E-state index is 13.0. The second-order valence-corrected chi connectivity index (χ2v) is 7.48. The number of nitrogens with one attached hydrogen (secondary N) is 2. The number of likely N-dealkylation sites (tertiary alicyclic amines) is 1. The highest BCUT2D eigenvalue weighted by molar-refractivity contribution is 6.07. The number of H-pyrrole nitrogens is 1. The summed E-state index contributed by atoms with van der Waals surface area (Å²) >= 11 is 0. The molecule has 1 amide bonds. The van der Waals surface area contributed by atoms with Crippen LogP contribution in [-0.4, -0.2) is 39.1 Å². The number of fused-ring (bicyclic) bond motifs is 2. The summed E-state index contributed by atoms with van der Waals surface area (Å²) in [6.07, 6.45) is 2.83. The van der Waals surface area contributed by atoms with Gasteiger partial charge >= 0.3 is 0 Å². The SMILES string of the molecule is C[C@@H]1CCN(C(=O)c2cccc3cc(Nc4n[nH]c5cccnc45)ccc23)C1. The Hall–Kier alpha value is -3.41. The van der Waals surface area contributed by atoms with Gasteiger partial charge < -0.3 is 10.2 Å². The van der Waals surface area contributed by atoms with Crippen LogP contribution in [0.4, 0.5) is 11.5 Å². The molecule has 1 saturated heterocycles. The van der Waals surface area contributed by atoms with Gasteiger partial charge in [-0.25, -0.2) is 0 Å². The first kappa shape index (κ1) is 16.7. The highest BCUT2D eigenvalue weighted by Gasteiger charge is 2.25. The maximum absolute atomic E-state index is 13.0. The predicted molar refractivity (Wildman–Crippen MR) is 111 cm³/mol. The summed E-state index contributed by atoms with van der Waals surface area (Å²) in [6.45, 7) is 3.88. The summed E-state index contributed by atoms with van der Waals surface area (Å²) < 4.78 is 0. The van der Waals surface area contributed by atoms with Crippen molar-refractivity contribution in [3.63, 3.8) is 0 Å². The predicted octanol–water partition coefficient (Wildman–Crippen LogP) is 4.34. The molecule has 0 bridgehead atoms. The van der Waals surface area contributed by atoms with Gasteiger partial charge in [0.1, 0.15) is 5.52 Å². The molecule has 0 saturated carbocycles. The summed E-state index contributed by atoms with van der Waals surface area (Å²) in [5.74, 6) is 1.39. The molecule has 6 heteroatoms. The number of aromatic amines is 1. The van der Waals surface area contributed by atoms with Gasteiger partial charge in [-0.2, -0.15) is 5.10 Å². The van der Waals surface area contributed by atoms with Crippen molar-refractivity contribution in [1.29, 1.82) is 0 Å². The number of amides is 1. The number of rotatable bonds is 3. The average Bonchev–Trinajstić information content (AvgIpc) is 3.33. The van der Waals surface area contributed by atoms with Crippen molar-refractivity contribution in [3.05, 3.63) is 60.3 Å². The fourth-order valence-electron chi connectivity index (χ4n) is 3.91. The maximum Gasteiger partial charge on any atom is 0.254 e. The molecule has 0 radical (unpaired) electrons. The average molecular weight is 371 g/mol. The van der Waals surface area contributed by atoms with E-state index in [1.807, 2.05) is 53.4 Å². The number of aromatic nitrogens is 3. The molecule has 1 fully saturated rings. The van der Waals surface area contributed by atoms with Crippen molar-refractivity contribution < 1.29 is 4.79 Å². The summed E-state index contributed by atoms with van der Waals surface area (Å²) in [6, 6.07) is 15.8. The Morgan fingerprint density at radius 1 is 1.21 bits per heavy atom. The van der Waals surface area contributed by atoms with Crippen LogP contribution in [0.2, 0.25) is 0 Å². The summed E-state index contributed by atoms with van der Waals surface area (Å²) in [4.78, 5) is 19.3. The molecule has 2 N–H and O–H groups in total. The second kappa shape index (κ2) is 6.64. The Morgan fingerprint density at radius 2 is 2.14 bits per heavy atom. The topological polar surface area (TPSA) is 73.9 Å². The van der Waals surface area contributed by atoms with E-state index in [4.69, 9.17) is 0 Å². The van der Waals surface area contributed by atoms with Crippen LogP contribution >= 0.6 is 0 Å². The number of benzene rings is 2. The van der Waals surface area contributed by atoms with E-state index in [9.17, 15) is 4.79 Å². The molecule has 1 atom stereocenters. The van der Waals surface area contributed by atoms with Gasteiger partial charge in [-0.15, -0.1) is 0 Å². The minimum absolute atomic E-state index is 0.123. The third-order valence-corrected chi connectivity index (χ3v) is 5.40. The molecule has 2 aromatic carbocycles. The van der Waals surface area contributed by atoms with Gasteiger partial charge in [0.15, 0.2) is 5.82 Å². The zero-order chi connectivity index (χ0) is 19.1. The van der Waals surface area contributed by atoms with Gasteiger partial charge in [0.2, 0.25) is 0 Å². The molecule has 6 nitrogen and oxygen atoms in total. The van der Waals surface area contributed by atoms with Gasteiger partial charge in [0.05, 0.1) is 5.52 Å². The van der Waals surface area contributed by atoms with Gasteiger partial charge in [-0.3, -0.25) is 14.9 Å². The van der Waals surface area contributed by atoms with Gasteiger partial charge in [0.25, 0.3) is 5.91 Å². The lowest BCUT2D eigenvalue weighted by Crippen LogP contribution is -2.28. The van der Waals surface area contributed by atoms with Crippen molar-refractivity contribution in [2.24, 2.45) is 5.92 Å². The van der Waals surface area contributed by atoms with Crippen molar-refractivity contribution in [1.82, 2.24) is 20.1 Å². The van der Waals surface area contributed by atoms with Crippen molar-refractivity contribution in [2.75, 3.05) is 18.4 Å². The van der Waals surface area contributed by atoms with Crippen molar-refractivity contribution >= 4 is 39.2 Å². The first-order chi connectivity index (χ1) is 13.7. The monoisotopic (exact) mass is 371 g/mol. The minimum atomic E-state index is 0.123. The Labute approximate surface area is 162 Å². The third-order valence-electron chi connectivity index (χ3n) is 5.40. The van der Waals surface area contributed by atoms with Gasteiger partial charge in [-0.1, -0.05) is 25.1 Å². The standard InChI is InChI=1S/C22H21N5O/c1-14-9-11-27(13-14)22(28)18-5-2-4-15-12-16(7-8-17(15)18)24-21-20-19(25-26-21)6-3-10-23-20/h2-8,10,12,14H,9,11,13H2,1H3,(H2,24,25,26)/t14-/m1/s1. The summed E-state index contributed by atoms with van der Waals surface area (Å²) in [5.41, 5.74) is 3.36. The molecule has 0 unspecified atom stereocenters. The molecule has 0 spiro atoms. The number of pyridine rings is 1. The summed E-state index contributed by atoms with van der Waals surface area (Å²) in [7, 11) is 0. The number of anilines is 2. The van der Waals surface area contributed by atoms with E-state index in [0.29, 0.717) is 11.7 Å². The molecule has 2 aromatic heterocycles. The van der Waals surface area contributed by atoms with Crippen LogP contribution in [0, 0.1) is 5.92 Å². The fourth-order valence-corrected chi connectivity index (χ4v) is 3.91. The number of hydrogen-bond acceptors (Lipinski definition) is 4. The van der Waals surface area contributed by atoms with Crippen molar-refractivity contribution in [3.8, 4) is 0 Å². The summed E-state index contributed by atoms with van der Waals surface area (Å²) in [5, 5.41) is 12.6. The molecule has 5 rings (SSSR count). The number of hydrogen-bond donors (Lipinski definition) is 2. The van der Waals surface area contributed by atoms with Crippen LogP contribution in [0.5, 0.6) is 0 Å². The molecule has 3 heterocycles. The Morgan fingerprint density at radius 3 is 3.00 bits per heavy atom. The van der Waals surface area contributed by atoms with E-state index >= 15 is 0 Å². The molecular formula is C22H21N5O. The van der Waals surface area contributed by atoms with E-state index in [-0.39, 0.29) is 5.91 Å². The molecular weight excluding hydrogens is 350 g/mol. The molecule has 4 aromatic rings. The molecule has 28 heavy (non-hydrogen) atoms. The Balaban J connectivity index is 1.48. The van der Waals surface area contributed by atoms with E-state index in [1.165, 1.54) is 0 Å². The van der Waals surface area contributed by atoms with Crippen LogP contribution in [0.25, 0.3) is 21.8 Å². The quantitative estimate of drug-likeness (QED) is 0.562. The number of carbonyl (C=O) groups excluding carboxylic acids is 1. The van der Waals surface area contributed by atoms with Crippen LogP contribution in [0.1, 0.15) is 23.7 Å². The van der Waals surface area contributed by atoms with Gasteiger partial charge in [-0.05, 0) is 53.4 Å². The van der Waals surface area contributed by atoms with E-state index in [2.05, 4.69) is 27.4 Å².